The van der Waals surface area contributed by atoms with Gasteiger partial charge in [-0.05, 0) is 18.2 Å². The van der Waals surface area contributed by atoms with Crippen LogP contribution in [0.25, 0.3) is 10.9 Å². The maximum Gasteiger partial charge on any atom is 0.573 e. The molecule has 1 aromatic carbocycles. The number of pyridine rings is 1. The number of hydrogen-bond acceptors (Lipinski definition) is 2. The number of ether oxygens (including phenoxy) is 1. The number of rotatable bonds is 1. The number of benzene rings is 1. The van der Waals surface area contributed by atoms with Crippen LogP contribution < -0.4 is 4.74 Å². The van der Waals surface area contributed by atoms with E-state index in [1.165, 1.54) is 24.4 Å². The van der Waals surface area contributed by atoms with E-state index in [2.05, 4.69) is 9.72 Å². The molecular formula is C10H6F3NO. The zero-order valence-electron chi connectivity index (χ0n) is 7.45. The van der Waals surface area contributed by atoms with Crippen molar-refractivity contribution in [3.8, 4) is 5.75 Å². The summed E-state index contributed by atoms with van der Waals surface area (Å²) in [6, 6.07) is 7.52. The van der Waals surface area contributed by atoms with E-state index in [1.54, 1.807) is 12.1 Å². The van der Waals surface area contributed by atoms with E-state index in [4.69, 9.17) is 0 Å². The molecule has 2 aromatic rings. The minimum Gasteiger partial charge on any atom is -0.406 e. The van der Waals surface area contributed by atoms with Crippen LogP contribution in [0.3, 0.4) is 0 Å². The molecule has 2 rings (SSSR count). The highest BCUT2D eigenvalue weighted by atomic mass is 19.4. The quantitative estimate of drug-likeness (QED) is 0.726. The first-order valence-corrected chi connectivity index (χ1v) is 4.15. The van der Waals surface area contributed by atoms with Crippen molar-refractivity contribution in [2.24, 2.45) is 0 Å². The van der Waals surface area contributed by atoms with Crippen molar-refractivity contribution >= 4 is 10.9 Å². The summed E-state index contributed by atoms with van der Waals surface area (Å²) in [6.45, 7) is 0. The van der Waals surface area contributed by atoms with Crippen molar-refractivity contribution in [1.29, 1.82) is 0 Å². The summed E-state index contributed by atoms with van der Waals surface area (Å²) in [7, 11) is 0. The number of hydrogen-bond donors (Lipinski definition) is 0. The summed E-state index contributed by atoms with van der Waals surface area (Å²) in [5.41, 5.74) is 0.472. The van der Waals surface area contributed by atoms with E-state index in [9.17, 15) is 13.2 Å². The number of aromatic nitrogens is 1. The van der Waals surface area contributed by atoms with Crippen molar-refractivity contribution in [2.45, 2.75) is 6.36 Å². The Morgan fingerprint density at radius 2 is 1.93 bits per heavy atom. The predicted molar refractivity (Wildman–Crippen MR) is 48.4 cm³/mol. The van der Waals surface area contributed by atoms with Crippen molar-refractivity contribution in [2.75, 3.05) is 0 Å². The molecule has 15 heavy (non-hydrogen) atoms. The monoisotopic (exact) mass is 213 g/mol. The van der Waals surface area contributed by atoms with Gasteiger partial charge in [-0.25, -0.2) is 0 Å². The predicted octanol–water partition coefficient (Wildman–Crippen LogP) is 3.13. The fourth-order valence-electron chi connectivity index (χ4n) is 1.24. The number of halogens is 3. The maximum atomic E-state index is 11.9. The summed E-state index contributed by atoms with van der Waals surface area (Å²) < 4.78 is 39.5. The zero-order chi connectivity index (χ0) is 10.9. The molecule has 78 valence electrons. The van der Waals surface area contributed by atoms with Gasteiger partial charge in [0.25, 0.3) is 0 Å². The van der Waals surface area contributed by atoms with Crippen LogP contribution >= 0.6 is 0 Å². The van der Waals surface area contributed by atoms with Crippen LogP contribution in [0.15, 0.2) is 36.5 Å². The van der Waals surface area contributed by atoms with Crippen LogP contribution in [0.2, 0.25) is 0 Å². The molecule has 0 saturated heterocycles. The normalized spacial score (nSPS) is 11.7. The lowest BCUT2D eigenvalue weighted by molar-refractivity contribution is -0.274. The lowest BCUT2D eigenvalue weighted by Crippen LogP contribution is -2.17. The largest absolute Gasteiger partial charge is 0.573 e. The van der Waals surface area contributed by atoms with Gasteiger partial charge < -0.3 is 4.74 Å². The van der Waals surface area contributed by atoms with Crippen molar-refractivity contribution in [3.63, 3.8) is 0 Å². The van der Waals surface area contributed by atoms with Crippen LogP contribution in [-0.4, -0.2) is 11.3 Å². The molecule has 0 radical (unpaired) electrons. The molecule has 0 atom stereocenters. The van der Waals surface area contributed by atoms with Crippen LogP contribution in [0.5, 0.6) is 5.75 Å². The molecule has 0 saturated carbocycles. The van der Waals surface area contributed by atoms with E-state index in [1.807, 2.05) is 0 Å². The van der Waals surface area contributed by atoms with Gasteiger partial charge in [0.1, 0.15) is 5.75 Å². The van der Waals surface area contributed by atoms with Gasteiger partial charge in [0.15, 0.2) is 0 Å². The van der Waals surface area contributed by atoms with Gasteiger partial charge in [-0.1, -0.05) is 6.07 Å². The summed E-state index contributed by atoms with van der Waals surface area (Å²) >= 11 is 0. The third-order valence-corrected chi connectivity index (χ3v) is 1.81. The second-order valence-corrected chi connectivity index (χ2v) is 2.91. The highest BCUT2D eigenvalue weighted by Gasteiger charge is 2.31. The Hall–Kier alpha value is -1.78. The SMILES string of the molecule is FC(F)(F)Oc1ccc2cccnc2c1. The standard InChI is InChI=1S/C10H6F3NO/c11-10(12,13)15-8-4-3-7-2-1-5-14-9(7)6-8/h1-6H. The molecule has 2 nitrogen and oxygen atoms in total. The molecule has 0 amide bonds. The Labute approximate surface area is 83.3 Å². The molecule has 0 N–H and O–H groups in total. The van der Waals surface area contributed by atoms with E-state index in [0.29, 0.717) is 5.52 Å². The molecule has 0 aliphatic heterocycles. The first-order chi connectivity index (χ1) is 7.04. The minimum atomic E-state index is -4.66. The molecule has 0 unspecified atom stereocenters. The Bertz CT molecular complexity index is 481. The van der Waals surface area contributed by atoms with Gasteiger partial charge >= 0.3 is 6.36 Å². The molecule has 5 heteroatoms. The highest BCUT2D eigenvalue weighted by Crippen LogP contribution is 2.25. The van der Waals surface area contributed by atoms with Gasteiger partial charge in [0, 0.05) is 17.6 Å². The smallest absolute Gasteiger partial charge is 0.406 e. The first-order valence-electron chi connectivity index (χ1n) is 4.15. The second kappa shape index (κ2) is 3.42. The number of alkyl halides is 3. The molecule has 0 aliphatic rings. The Kier molecular flexibility index (Phi) is 2.22. The van der Waals surface area contributed by atoms with Crippen molar-refractivity contribution < 1.29 is 17.9 Å². The van der Waals surface area contributed by atoms with Gasteiger partial charge in [-0.2, -0.15) is 0 Å². The third-order valence-electron chi connectivity index (χ3n) is 1.81. The lowest BCUT2D eigenvalue weighted by Gasteiger charge is -2.08. The second-order valence-electron chi connectivity index (χ2n) is 2.91. The Balaban J connectivity index is 2.39. The molecule has 1 heterocycles. The zero-order valence-corrected chi connectivity index (χ0v) is 7.45. The molecule has 1 aromatic heterocycles. The first kappa shape index (κ1) is 9.76. The van der Waals surface area contributed by atoms with Crippen LogP contribution in [0, 0.1) is 0 Å². The Morgan fingerprint density at radius 3 is 2.67 bits per heavy atom. The van der Waals surface area contributed by atoms with E-state index in [-0.39, 0.29) is 5.75 Å². The lowest BCUT2D eigenvalue weighted by atomic mass is 10.2. The molecular weight excluding hydrogens is 207 g/mol. The van der Waals surface area contributed by atoms with Crippen LogP contribution in [-0.2, 0) is 0 Å². The summed E-state index contributed by atoms with van der Waals surface area (Å²) in [4.78, 5) is 3.92. The fourth-order valence-corrected chi connectivity index (χ4v) is 1.24. The van der Waals surface area contributed by atoms with Gasteiger partial charge in [0.2, 0.25) is 0 Å². The average Bonchev–Trinajstić information content (AvgIpc) is 2.15. The minimum absolute atomic E-state index is 0.256. The topological polar surface area (TPSA) is 22.1 Å². The fraction of sp³-hybridized carbons (Fsp3) is 0.100. The van der Waals surface area contributed by atoms with Crippen molar-refractivity contribution in [3.05, 3.63) is 36.5 Å². The summed E-state index contributed by atoms with van der Waals surface area (Å²) in [5.74, 6) is -0.256. The van der Waals surface area contributed by atoms with Gasteiger partial charge in [-0.3, -0.25) is 4.98 Å². The maximum absolute atomic E-state index is 11.9. The molecule has 0 bridgehead atoms. The number of fused-ring (bicyclic) bond motifs is 1. The van der Waals surface area contributed by atoms with E-state index >= 15 is 0 Å². The van der Waals surface area contributed by atoms with Crippen LogP contribution in [0.4, 0.5) is 13.2 Å². The molecule has 0 spiro atoms. The molecule has 0 aliphatic carbocycles. The van der Waals surface area contributed by atoms with E-state index in [0.717, 1.165) is 5.39 Å². The Morgan fingerprint density at radius 1 is 1.13 bits per heavy atom. The highest BCUT2D eigenvalue weighted by molar-refractivity contribution is 5.79. The third kappa shape index (κ3) is 2.37. The van der Waals surface area contributed by atoms with Gasteiger partial charge in [0.05, 0.1) is 5.52 Å². The van der Waals surface area contributed by atoms with E-state index < -0.39 is 6.36 Å². The van der Waals surface area contributed by atoms with Gasteiger partial charge in [-0.15, -0.1) is 13.2 Å². The average molecular weight is 213 g/mol. The summed E-state index contributed by atoms with van der Waals surface area (Å²) in [5, 5.41) is 0.770. The molecule has 0 fully saturated rings. The number of nitrogens with zero attached hydrogens (tertiary/aromatic N) is 1. The summed E-state index contributed by atoms with van der Waals surface area (Å²) in [6.07, 6.45) is -3.15. The van der Waals surface area contributed by atoms with Crippen LogP contribution in [0.1, 0.15) is 0 Å². The van der Waals surface area contributed by atoms with Crippen molar-refractivity contribution in [1.82, 2.24) is 4.98 Å².